The third kappa shape index (κ3) is 4.44. The van der Waals surface area contributed by atoms with Gasteiger partial charge in [-0.3, -0.25) is 9.98 Å². The molecule has 0 radical (unpaired) electrons. The SMILES string of the molecule is CC/C(C)=C(\C)N=CC(Br)=NC. The minimum atomic E-state index is 0.769. The summed E-state index contributed by atoms with van der Waals surface area (Å²) in [6.07, 6.45) is 2.76. The first-order chi connectivity index (χ1) is 5.61. The van der Waals surface area contributed by atoms with Crippen LogP contribution in [0.25, 0.3) is 0 Å². The lowest BCUT2D eigenvalue weighted by Crippen LogP contribution is -1.88. The molecule has 0 N–H and O–H groups in total. The standard InChI is InChI=1S/C9H15BrN2/c1-5-7(2)8(3)12-6-9(10)11-4/h6H,5H2,1-4H3/b8-7+,11-9?,12-6?. The maximum absolute atomic E-state index is 4.24. The first-order valence-electron chi connectivity index (χ1n) is 3.94. The van der Waals surface area contributed by atoms with Crippen LogP contribution >= 0.6 is 15.9 Å². The smallest absolute Gasteiger partial charge is 0.118 e. The van der Waals surface area contributed by atoms with Crippen molar-refractivity contribution in [2.45, 2.75) is 27.2 Å². The van der Waals surface area contributed by atoms with Gasteiger partial charge >= 0.3 is 0 Å². The molecule has 0 aliphatic carbocycles. The Hall–Kier alpha value is -0.440. The molecular weight excluding hydrogens is 216 g/mol. The van der Waals surface area contributed by atoms with Gasteiger partial charge in [0.05, 0.1) is 6.21 Å². The Bertz CT molecular complexity index is 227. The molecule has 0 fully saturated rings. The highest BCUT2D eigenvalue weighted by atomic mass is 79.9. The first kappa shape index (κ1) is 11.6. The van der Waals surface area contributed by atoms with E-state index in [1.807, 2.05) is 6.92 Å². The Morgan fingerprint density at radius 2 is 2.00 bits per heavy atom. The Labute approximate surface area is 82.6 Å². The van der Waals surface area contributed by atoms with Gasteiger partial charge < -0.3 is 0 Å². The summed E-state index contributed by atoms with van der Waals surface area (Å²) in [6, 6.07) is 0. The summed E-state index contributed by atoms with van der Waals surface area (Å²) in [4.78, 5) is 8.15. The molecule has 2 nitrogen and oxygen atoms in total. The third-order valence-corrected chi connectivity index (χ3v) is 2.29. The van der Waals surface area contributed by atoms with E-state index in [-0.39, 0.29) is 0 Å². The van der Waals surface area contributed by atoms with Crippen molar-refractivity contribution in [3.05, 3.63) is 11.3 Å². The molecule has 0 aromatic rings. The lowest BCUT2D eigenvalue weighted by atomic mass is 10.2. The zero-order valence-electron chi connectivity index (χ0n) is 8.06. The molecule has 0 spiro atoms. The molecule has 12 heavy (non-hydrogen) atoms. The Morgan fingerprint density at radius 1 is 1.42 bits per heavy atom. The van der Waals surface area contributed by atoms with Gasteiger partial charge in [0.15, 0.2) is 0 Å². The molecule has 0 bridgehead atoms. The number of hydrogen-bond donors (Lipinski definition) is 0. The molecule has 0 aromatic carbocycles. The van der Waals surface area contributed by atoms with Gasteiger partial charge in [-0.25, -0.2) is 0 Å². The minimum Gasteiger partial charge on any atom is -0.280 e. The van der Waals surface area contributed by atoms with Crippen LogP contribution < -0.4 is 0 Å². The van der Waals surface area contributed by atoms with Crippen LogP contribution in [0, 0.1) is 0 Å². The van der Waals surface area contributed by atoms with Gasteiger partial charge in [-0.1, -0.05) is 12.5 Å². The minimum absolute atomic E-state index is 0.769. The summed E-state index contributed by atoms with van der Waals surface area (Å²) in [7, 11) is 1.72. The second kappa shape index (κ2) is 6.12. The Balaban J connectivity index is 4.36. The molecular formula is C9H15BrN2. The van der Waals surface area contributed by atoms with Crippen molar-refractivity contribution in [3.63, 3.8) is 0 Å². The number of halogens is 1. The van der Waals surface area contributed by atoms with Crippen molar-refractivity contribution in [3.8, 4) is 0 Å². The van der Waals surface area contributed by atoms with E-state index in [9.17, 15) is 0 Å². The van der Waals surface area contributed by atoms with Gasteiger partial charge in [0, 0.05) is 12.7 Å². The summed E-state index contributed by atoms with van der Waals surface area (Å²) in [6.45, 7) is 6.21. The molecule has 0 saturated heterocycles. The second-order valence-electron chi connectivity index (χ2n) is 2.52. The normalized spacial score (nSPS) is 15.2. The van der Waals surface area contributed by atoms with Crippen molar-refractivity contribution >= 4 is 26.8 Å². The summed E-state index contributed by atoms with van der Waals surface area (Å²) >= 11 is 3.25. The van der Waals surface area contributed by atoms with Crippen LogP contribution in [0.4, 0.5) is 0 Å². The van der Waals surface area contributed by atoms with Gasteiger partial charge in [-0.05, 0) is 36.2 Å². The zero-order chi connectivity index (χ0) is 9.56. The monoisotopic (exact) mass is 230 g/mol. The second-order valence-corrected chi connectivity index (χ2v) is 3.34. The van der Waals surface area contributed by atoms with E-state index in [1.165, 1.54) is 5.57 Å². The average molecular weight is 231 g/mol. The summed E-state index contributed by atoms with van der Waals surface area (Å²) in [5.74, 6) is 0. The zero-order valence-corrected chi connectivity index (χ0v) is 9.64. The van der Waals surface area contributed by atoms with E-state index in [0.717, 1.165) is 16.7 Å². The fourth-order valence-electron chi connectivity index (χ4n) is 0.574. The van der Waals surface area contributed by atoms with Crippen LogP contribution in [-0.4, -0.2) is 17.9 Å². The number of hydrogen-bond acceptors (Lipinski definition) is 2. The van der Waals surface area contributed by atoms with Crippen molar-refractivity contribution in [2.24, 2.45) is 9.98 Å². The molecule has 0 aliphatic rings. The van der Waals surface area contributed by atoms with Crippen molar-refractivity contribution < 1.29 is 0 Å². The average Bonchev–Trinajstić information content (AvgIpc) is 2.11. The maximum Gasteiger partial charge on any atom is 0.118 e. The summed E-state index contributed by atoms with van der Waals surface area (Å²) in [5, 5.41) is 0. The third-order valence-electron chi connectivity index (χ3n) is 1.73. The lowest BCUT2D eigenvalue weighted by molar-refractivity contribution is 1.04. The summed E-state index contributed by atoms with van der Waals surface area (Å²) in [5.41, 5.74) is 2.38. The van der Waals surface area contributed by atoms with E-state index in [2.05, 4.69) is 39.8 Å². The van der Waals surface area contributed by atoms with Crippen molar-refractivity contribution in [1.82, 2.24) is 0 Å². The van der Waals surface area contributed by atoms with Gasteiger partial charge in [-0.15, -0.1) is 0 Å². The maximum atomic E-state index is 4.24. The van der Waals surface area contributed by atoms with E-state index < -0.39 is 0 Å². The largest absolute Gasteiger partial charge is 0.280 e. The van der Waals surface area contributed by atoms with Crippen LogP contribution in [0.15, 0.2) is 21.3 Å². The summed E-state index contributed by atoms with van der Waals surface area (Å²) < 4.78 is 0.769. The van der Waals surface area contributed by atoms with Crippen molar-refractivity contribution in [1.29, 1.82) is 0 Å². The fourth-order valence-corrected chi connectivity index (χ4v) is 0.676. The van der Waals surface area contributed by atoms with Gasteiger partial charge in [0.1, 0.15) is 4.62 Å². The molecule has 0 aromatic heterocycles. The molecule has 68 valence electrons. The van der Waals surface area contributed by atoms with Crippen LogP contribution in [0.1, 0.15) is 27.2 Å². The van der Waals surface area contributed by atoms with Gasteiger partial charge in [0.25, 0.3) is 0 Å². The van der Waals surface area contributed by atoms with E-state index in [1.54, 1.807) is 13.3 Å². The van der Waals surface area contributed by atoms with Crippen LogP contribution in [0.5, 0.6) is 0 Å². The molecule has 0 amide bonds. The fraction of sp³-hybridized carbons (Fsp3) is 0.556. The predicted molar refractivity (Wildman–Crippen MR) is 59.4 cm³/mol. The molecule has 0 rings (SSSR count). The number of nitrogens with zero attached hydrogens (tertiary/aromatic N) is 2. The quantitative estimate of drug-likeness (QED) is 0.666. The van der Waals surface area contributed by atoms with Crippen LogP contribution in [0.3, 0.4) is 0 Å². The van der Waals surface area contributed by atoms with Gasteiger partial charge in [-0.2, -0.15) is 0 Å². The predicted octanol–water partition coefficient (Wildman–Crippen LogP) is 3.18. The molecule has 0 atom stereocenters. The molecule has 0 unspecified atom stereocenters. The lowest BCUT2D eigenvalue weighted by Gasteiger charge is -1.97. The van der Waals surface area contributed by atoms with Gasteiger partial charge in [0.2, 0.25) is 0 Å². The molecule has 0 aliphatic heterocycles. The van der Waals surface area contributed by atoms with E-state index in [0.29, 0.717) is 0 Å². The number of rotatable bonds is 3. The first-order valence-corrected chi connectivity index (χ1v) is 4.73. The highest BCUT2D eigenvalue weighted by Gasteiger charge is 1.90. The van der Waals surface area contributed by atoms with Crippen LogP contribution in [0.2, 0.25) is 0 Å². The molecule has 3 heteroatoms. The van der Waals surface area contributed by atoms with E-state index >= 15 is 0 Å². The molecule has 0 heterocycles. The Kier molecular flexibility index (Phi) is 5.89. The topological polar surface area (TPSA) is 24.7 Å². The van der Waals surface area contributed by atoms with Crippen LogP contribution in [-0.2, 0) is 0 Å². The number of allylic oxidation sites excluding steroid dienone is 2. The number of aliphatic imine (C=N–C) groups is 2. The Morgan fingerprint density at radius 3 is 2.42 bits per heavy atom. The highest BCUT2D eigenvalue weighted by molar-refractivity contribution is 9.19. The molecule has 0 saturated carbocycles. The highest BCUT2D eigenvalue weighted by Crippen LogP contribution is 2.07. The van der Waals surface area contributed by atoms with E-state index in [4.69, 9.17) is 0 Å². The van der Waals surface area contributed by atoms with Crippen molar-refractivity contribution in [2.75, 3.05) is 7.05 Å².